The molecular formula is C18H23FN6O. The van der Waals surface area contributed by atoms with Crippen molar-refractivity contribution < 1.29 is 9.18 Å². The third kappa shape index (κ3) is 2.88. The van der Waals surface area contributed by atoms with Gasteiger partial charge in [-0.25, -0.2) is 9.37 Å². The summed E-state index contributed by atoms with van der Waals surface area (Å²) < 4.78 is 14.0. The van der Waals surface area contributed by atoms with E-state index in [0.29, 0.717) is 25.2 Å². The fraction of sp³-hybridized carbons (Fsp3) is 0.556. The Bertz CT molecular complexity index is 824. The van der Waals surface area contributed by atoms with Crippen molar-refractivity contribution in [3.8, 4) is 0 Å². The van der Waals surface area contributed by atoms with Crippen LogP contribution in [0, 0.1) is 18.7 Å². The molecule has 1 N–H and O–H groups in total. The van der Waals surface area contributed by atoms with Crippen LogP contribution in [-0.2, 0) is 16.8 Å². The number of aromatic amines is 1. The number of nitrogens with zero attached hydrogens (tertiary/aromatic N) is 5. The highest BCUT2D eigenvalue weighted by molar-refractivity contribution is 5.74. The van der Waals surface area contributed by atoms with E-state index in [0.717, 1.165) is 31.2 Å². The molecule has 4 heterocycles. The maximum atomic E-state index is 14.0. The Hall–Kier alpha value is -2.35. The number of hydrogen-bond donors (Lipinski definition) is 1. The molecule has 2 aliphatic heterocycles. The second kappa shape index (κ2) is 6.42. The summed E-state index contributed by atoms with van der Waals surface area (Å²) in [4.78, 5) is 24.6. The fourth-order valence-electron chi connectivity index (χ4n) is 4.34. The molecule has 0 bridgehead atoms. The summed E-state index contributed by atoms with van der Waals surface area (Å²) in [6.45, 7) is 7.00. The zero-order valence-corrected chi connectivity index (χ0v) is 15.1. The maximum absolute atomic E-state index is 14.0. The Morgan fingerprint density at radius 2 is 2.31 bits per heavy atom. The van der Waals surface area contributed by atoms with Gasteiger partial charge in [-0.05, 0) is 26.0 Å². The first-order chi connectivity index (χ1) is 12.5. The summed E-state index contributed by atoms with van der Waals surface area (Å²) in [5, 5.41) is 7.37. The van der Waals surface area contributed by atoms with Crippen molar-refractivity contribution >= 4 is 5.91 Å². The molecule has 7 nitrogen and oxygen atoms in total. The van der Waals surface area contributed by atoms with Gasteiger partial charge in [0.05, 0.1) is 11.6 Å². The number of halogens is 1. The van der Waals surface area contributed by atoms with E-state index >= 15 is 0 Å². The smallest absolute Gasteiger partial charge is 0.219 e. The number of H-pyrrole nitrogens is 1. The van der Waals surface area contributed by atoms with Gasteiger partial charge in [0.1, 0.15) is 11.6 Å². The SMILES string of the molecule is CC(=O)N1C[C@H]2CN(Cc3ccncc3F)CC[C@@]2(c2n[nH]c(C)n2)C1. The lowest BCUT2D eigenvalue weighted by Crippen LogP contribution is -2.49. The van der Waals surface area contributed by atoms with E-state index in [1.807, 2.05) is 11.8 Å². The van der Waals surface area contributed by atoms with Gasteiger partial charge in [0.15, 0.2) is 5.82 Å². The first-order valence-corrected chi connectivity index (χ1v) is 8.94. The van der Waals surface area contributed by atoms with Crippen LogP contribution in [0.25, 0.3) is 0 Å². The Kier molecular flexibility index (Phi) is 4.22. The van der Waals surface area contributed by atoms with Gasteiger partial charge in [0.25, 0.3) is 0 Å². The molecule has 0 saturated carbocycles. The van der Waals surface area contributed by atoms with Crippen molar-refractivity contribution in [2.45, 2.75) is 32.2 Å². The molecule has 138 valence electrons. The molecule has 0 aromatic carbocycles. The molecule has 2 atom stereocenters. The molecule has 2 aromatic heterocycles. The summed E-state index contributed by atoms with van der Waals surface area (Å²) in [6.07, 6.45) is 3.73. The molecule has 0 radical (unpaired) electrons. The second-order valence-corrected chi connectivity index (χ2v) is 7.45. The monoisotopic (exact) mass is 358 g/mol. The highest BCUT2D eigenvalue weighted by Gasteiger charge is 2.53. The van der Waals surface area contributed by atoms with Gasteiger partial charge in [-0.2, -0.15) is 5.10 Å². The van der Waals surface area contributed by atoms with Crippen LogP contribution in [0.3, 0.4) is 0 Å². The number of carbonyl (C=O) groups is 1. The number of aromatic nitrogens is 4. The topological polar surface area (TPSA) is 78.0 Å². The normalized spacial score (nSPS) is 26.1. The average Bonchev–Trinajstić information content (AvgIpc) is 3.21. The van der Waals surface area contributed by atoms with Crippen LogP contribution in [-0.4, -0.2) is 62.1 Å². The summed E-state index contributed by atoms with van der Waals surface area (Å²) in [5.74, 6) is 1.64. The Morgan fingerprint density at radius 3 is 3.00 bits per heavy atom. The average molecular weight is 358 g/mol. The molecule has 2 aromatic rings. The molecule has 4 rings (SSSR count). The largest absolute Gasteiger partial charge is 0.342 e. The van der Waals surface area contributed by atoms with E-state index in [9.17, 15) is 9.18 Å². The molecular weight excluding hydrogens is 335 g/mol. The fourth-order valence-corrected chi connectivity index (χ4v) is 4.34. The molecule has 0 spiro atoms. The van der Waals surface area contributed by atoms with Crippen LogP contribution in [0.2, 0.25) is 0 Å². The Morgan fingerprint density at radius 1 is 1.46 bits per heavy atom. The molecule has 8 heteroatoms. The number of fused-ring (bicyclic) bond motifs is 1. The van der Waals surface area contributed by atoms with E-state index in [4.69, 9.17) is 0 Å². The lowest BCUT2D eigenvalue weighted by atomic mass is 9.72. The lowest BCUT2D eigenvalue weighted by Gasteiger charge is -2.41. The van der Waals surface area contributed by atoms with Gasteiger partial charge >= 0.3 is 0 Å². The maximum Gasteiger partial charge on any atom is 0.219 e. The number of hydrogen-bond acceptors (Lipinski definition) is 5. The number of carbonyl (C=O) groups excluding carboxylic acids is 1. The van der Waals surface area contributed by atoms with Gasteiger partial charge in [-0.3, -0.25) is 19.8 Å². The van der Waals surface area contributed by atoms with Crippen molar-refractivity contribution in [2.24, 2.45) is 5.92 Å². The molecule has 0 aliphatic carbocycles. The third-order valence-corrected chi connectivity index (χ3v) is 5.79. The standard InChI is InChI=1S/C18H23FN6O/c1-12-21-17(23-22-12)18-4-6-24(8-14-3-5-20-7-16(14)19)9-15(18)10-25(11-18)13(2)26/h3,5,7,15H,4,6,8-11H2,1-2H3,(H,21,22,23)/t15-,18-/m1/s1. The van der Waals surface area contributed by atoms with Gasteiger partial charge in [0, 0.05) is 50.8 Å². The second-order valence-electron chi connectivity index (χ2n) is 7.45. The van der Waals surface area contributed by atoms with E-state index in [-0.39, 0.29) is 23.1 Å². The predicted octanol–water partition coefficient (Wildman–Crippen LogP) is 1.27. The number of likely N-dealkylation sites (tertiary alicyclic amines) is 2. The number of pyridine rings is 1. The molecule has 2 aliphatic rings. The Balaban J connectivity index is 1.58. The summed E-state index contributed by atoms with van der Waals surface area (Å²) in [5.41, 5.74) is 0.437. The van der Waals surface area contributed by atoms with Crippen LogP contribution >= 0.6 is 0 Å². The minimum atomic E-state index is -0.272. The summed E-state index contributed by atoms with van der Waals surface area (Å²) in [6, 6.07) is 1.73. The first-order valence-electron chi connectivity index (χ1n) is 8.94. The van der Waals surface area contributed by atoms with Crippen molar-refractivity contribution in [3.63, 3.8) is 0 Å². The summed E-state index contributed by atoms with van der Waals surface area (Å²) in [7, 11) is 0. The van der Waals surface area contributed by atoms with Crippen molar-refractivity contribution in [1.82, 2.24) is 30.0 Å². The van der Waals surface area contributed by atoms with Crippen molar-refractivity contribution in [2.75, 3.05) is 26.2 Å². The molecule has 2 saturated heterocycles. The van der Waals surface area contributed by atoms with Crippen molar-refractivity contribution in [1.29, 1.82) is 0 Å². The van der Waals surface area contributed by atoms with Crippen LogP contribution in [0.1, 0.15) is 30.6 Å². The van der Waals surface area contributed by atoms with Gasteiger partial charge in [0.2, 0.25) is 5.91 Å². The highest BCUT2D eigenvalue weighted by atomic mass is 19.1. The van der Waals surface area contributed by atoms with E-state index in [1.165, 1.54) is 6.20 Å². The van der Waals surface area contributed by atoms with E-state index < -0.39 is 0 Å². The highest BCUT2D eigenvalue weighted by Crippen LogP contribution is 2.44. The number of amides is 1. The number of nitrogens with one attached hydrogen (secondary N) is 1. The quantitative estimate of drug-likeness (QED) is 0.894. The number of piperidine rings is 1. The molecule has 0 unspecified atom stereocenters. The van der Waals surface area contributed by atoms with Crippen molar-refractivity contribution in [3.05, 3.63) is 41.5 Å². The number of aryl methyl sites for hydroxylation is 1. The zero-order valence-electron chi connectivity index (χ0n) is 15.1. The van der Waals surface area contributed by atoms with Gasteiger partial charge in [-0.15, -0.1) is 0 Å². The van der Waals surface area contributed by atoms with E-state index in [1.54, 1.807) is 19.2 Å². The lowest BCUT2D eigenvalue weighted by molar-refractivity contribution is -0.128. The van der Waals surface area contributed by atoms with Gasteiger partial charge in [-0.1, -0.05) is 0 Å². The van der Waals surface area contributed by atoms with Gasteiger partial charge < -0.3 is 4.90 Å². The van der Waals surface area contributed by atoms with Crippen LogP contribution < -0.4 is 0 Å². The van der Waals surface area contributed by atoms with Crippen LogP contribution in [0.15, 0.2) is 18.5 Å². The van der Waals surface area contributed by atoms with Crippen LogP contribution in [0.5, 0.6) is 0 Å². The molecule has 2 fully saturated rings. The predicted molar refractivity (Wildman–Crippen MR) is 92.6 cm³/mol. The summed E-state index contributed by atoms with van der Waals surface area (Å²) >= 11 is 0. The molecule has 1 amide bonds. The number of rotatable bonds is 3. The Labute approximate surface area is 151 Å². The minimum Gasteiger partial charge on any atom is -0.342 e. The molecule has 26 heavy (non-hydrogen) atoms. The third-order valence-electron chi connectivity index (χ3n) is 5.79. The minimum absolute atomic E-state index is 0.0813. The zero-order chi connectivity index (χ0) is 18.3. The van der Waals surface area contributed by atoms with E-state index in [2.05, 4.69) is 25.1 Å². The first kappa shape index (κ1) is 17.1. The van der Waals surface area contributed by atoms with Crippen LogP contribution in [0.4, 0.5) is 4.39 Å².